The third kappa shape index (κ3) is 5.39. The van der Waals surface area contributed by atoms with Crippen LogP contribution in [0.2, 0.25) is 5.02 Å². The van der Waals surface area contributed by atoms with Crippen molar-refractivity contribution in [3.8, 4) is 11.5 Å². The van der Waals surface area contributed by atoms with Crippen molar-refractivity contribution >= 4 is 28.5 Å². The quantitative estimate of drug-likeness (QED) is 0.389. The highest BCUT2D eigenvalue weighted by molar-refractivity contribution is 6.30. The van der Waals surface area contributed by atoms with Gasteiger partial charge in [0.25, 0.3) is 5.91 Å². The van der Waals surface area contributed by atoms with Gasteiger partial charge in [0.05, 0.1) is 23.6 Å². The van der Waals surface area contributed by atoms with E-state index in [1.165, 1.54) is 0 Å². The molecule has 1 heterocycles. The molecule has 1 aromatic heterocycles. The van der Waals surface area contributed by atoms with Crippen LogP contribution < -0.4 is 14.8 Å². The summed E-state index contributed by atoms with van der Waals surface area (Å²) >= 11 is 5.88. The van der Waals surface area contributed by atoms with Crippen LogP contribution in [0.15, 0.2) is 78.9 Å². The number of imidazole rings is 1. The van der Waals surface area contributed by atoms with Crippen molar-refractivity contribution < 1.29 is 14.3 Å². The predicted octanol–water partition coefficient (Wildman–Crippen LogP) is 5.02. The lowest BCUT2D eigenvalue weighted by Crippen LogP contribution is -2.33. The highest BCUT2D eigenvalue weighted by Gasteiger charge is 2.18. The minimum atomic E-state index is -0.305. The van der Waals surface area contributed by atoms with E-state index >= 15 is 0 Å². The predicted molar refractivity (Wildman–Crippen MR) is 125 cm³/mol. The number of carbonyl (C=O) groups is 1. The first kappa shape index (κ1) is 21.7. The molecule has 32 heavy (non-hydrogen) atoms. The summed E-state index contributed by atoms with van der Waals surface area (Å²) in [7, 11) is 0. The number of para-hydroxylation sites is 3. The maximum atomic E-state index is 12.5. The molecule has 0 saturated carbocycles. The Morgan fingerprint density at radius 3 is 2.44 bits per heavy atom. The van der Waals surface area contributed by atoms with Crippen LogP contribution in [-0.4, -0.2) is 28.7 Å². The lowest BCUT2D eigenvalue weighted by molar-refractivity contribution is -0.123. The zero-order valence-corrected chi connectivity index (χ0v) is 18.5. The van der Waals surface area contributed by atoms with Crippen molar-refractivity contribution in [1.29, 1.82) is 0 Å². The van der Waals surface area contributed by atoms with E-state index in [0.29, 0.717) is 23.9 Å². The van der Waals surface area contributed by atoms with Crippen LogP contribution in [0.5, 0.6) is 11.5 Å². The fourth-order valence-corrected chi connectivity index (χ4v) is 3.58. The van der Waals surface area contributed by atoms with Crippen molar-refractivity contribution in [3.05, 3.63) is 89.7 Å². The average molecular weight is 450 g/mol. The molecule has 7 heteroatoms. The maximum absolute atomic E-state index is 12.5. The molecule has 0 saturated heterocycles. The number of fused-ring (bicyclic) bond motifs is 1. The summed E-state index contributed by atoms with van der Waals surface area (Å²) in [5.74, 6) is 1.94. The maximum Gasteiger partial charge on any atom is 0.258 e. The molecule has 0 aliphatic rings. The number of benzene rings is 3. The van der Waals surface area contributed by atoms with Crippen LogP contribution in [0, 0.1) is 0 Å². The molecule has 0 aliphatic heterocycles. The summed E-state index contributed by atoms with van der Waals surface area (Å²) in [5, 5.41) is 3.59. The van der Waals surface area contributed by atoms with Gasteiger partial charge in [-0.15, -0.1) is 0 Å². The monoisotopic (exact) mass is 449 g/mol. The van der Waals surface area contributed by atoms with Gasteiger partial charge in [-0.25, -0.2) is 4.98 Å². The number of rotatable bonds is 9. The number of amides is 1. The normalized spacial score (nSPS) is 11.8. The number of nitrogens with zero attached hydrogens (tertiary/aromatic N) is 2. The number of hydrogen-bond acceptors (Lipinski definition) is 4. The first-order chi connectivity index (χ1) is 15.6. The third-order valence-corrected chi connectivity index (χ3v) is 5.21. The zero-order valence-electron chi connectivity index (χ0n) is 17.7. The van der Waals surface area contributed by atoms with Crippen LogP contribution in [0.3, 0.4) is 0 Å². The molecule has 4 rings (SSSR count). The molecule has 0 radical (unpaired) electrons. The first-order valence-electron chi connectivity index (χ1n) is 10.4. The van der Waals surface area contributed by atoms with E-state index in [2.05, 4.69) is 9.88 Å². The van der Waals surface area contributed by atoms with Crippen molar-refractivity contribution in [2.75, 3.05) is 13.2 Å². The van der Waals surface area contributed by atoms with Gasteiger partial charge in [-0.3, -0.25) is 4.79 Å². The smallest absolute Gasteiger partial charge is 0.258 e. The second-order valence-corrected chi connectivity index (χ2v) is 7.74. The minimum Gasteiger partial charge on any atom is -0.492 e. The van der Waals surface area contributed by atoms with Gasteiger partial charge < -0.3 is 19.4 Å². The van der Waals surface area contributed by atoms with E-state index in [9.17, 15) is 4.79 Å². The van der Waals surface area contributed by atoms with Crippen LogP contribution in [-0.2, 0) is 11.3 Å². The van der Waals surface area contributed by atoms with E-state index in [1.807, 2.05) is 61.5 Å². The van der Waals surface area contributed by atoms with Crippen molar-refractivity contribution in [2.24, 2.45) is 0 Å². The molecule has 1 atom stereocenters. The molecule has 6 nitrogen and oxygen atoms in total. The highest BCUT2D eigenvalue weighted by atomic mass is 35.5. The van der Waals surface area contributed by atoms with Crippen molar-refractivity contribution in [1.82, 2.24) is 14.9 Å². The zero-order chi connectivity index (χ0) is 22.3. The van der Waals surface area contributed by atoms with Crippen LogP contribution in [0.1, 0.15) is 18.8 Å². The molecular formula is C25H24ClN3O3. The second kappa shape index (κ2) is 10.2. The molecule has 0 spiro atoms. The van der Waals surface area contributed by atoms with Gasteiger partial charge in [0.1, 0.15) is 23.9 Å². The number of hydrogen-bond donors (Lipinski definition) is 1. The standard InChI is InChI=1S/C25H24ClN3O3/c1-18(27-24(30)17-32-21-13-11-19(26)12-14-21)25-28-22-9-5-6-10-23(22)29(25)15-16-31-20-7-3-2-4-8-20/h2-14,18H,15-17H2,1H3,(H,27,30). The molecular weight excluding hydrogens is 426 g/mol. The lowest BCUT2D eigenvalue weighted by Gasteiger charge is -2.17. The van der Waals surface area contributed by atoms with Crippen LogP contribution in [0.25, 0.3) is 11.0 Å². The van der Waals surface area contributed by atoms with Crippen molar-refractivity contribution in [3.63, 3.8) is 0 Å². The molecule has 0 fully saturated rings. The van der Waals surface area contributed by atoms with Gasteiger partial charge in [0.15, 0.2) is 6.61 Å². The highest BCUT2D eigenvalue weighted by Crippen LogP contribution is 2.21. The second-order valence-electron chi connectivity index (χ2n) is 7.30. The Morgan fingerprint density at radius 1 is 0.969 bits per heavy atom. The van der Waals surface area contributed by atoms with Gasteiger partial charge >= 0.3 is 0 Å². The SMILES string of the molecule is CC(NC(=O)COc1ccc(Cl)cc1)c1nc2ccccc2n1CCOc1ccccc1. The Hall–Kier alpha value is -3.51. The fourth-order valence-electron chi connectivity index (χ4n) is 3.46. The minimum absolute atomic E-state index is 0.0939. The lowest BCUT2D eigenvalue weighted by atomic mass is 10.3. The molecule has 4 aromatic rings. The first-order valence-corrected chi connectivity index (χ1v) is 10.8. The number of halogens is 1. The van der Waals surface area contributed by atoms with Crippen LogP contribution in [0.4, 0.5) is 0 Å². The largest absolute Gasteiger partial charge is 0.492 e. The van der Waals surface area contributed by atoms with Gasteiger partial charge in [-0.1, -0.05) is 41.9 Å². The van der Waals surface area contributed by atoms with E-state index in [4.69, 9.17) is 26.1 Å². The summed E-state index contributed by atoms with van der Waals surface area (Å²) in [4.78, 5) is 17.2. The summed E-state index contributed by atoms with van der Waals surface area (Å²) in [5.41, 5.74) is 1.87. The fraction of sp³-hybridized carbons (Fsp3) is 0.200. The van der Waals surface area contributed by atoms with Gasteiger partial charge in [0, 0.05) is 5.02 Å². The van der Waals surface area contributed by atoms with E-state index < -0.39 is 0 Å². The molecule has 0 bridgehead atoms. The Kier molecular flexibility index (Phi) is 6.92. The number of aromatic nitrogens is 2. The van der Waals surface area contributed by atoms with Crippen LogP contribution >= 0.6 is 11.6 Å². The summed E-state index contributed by atoms with van der Waals surface area (Å²) < 4.78 is 13.5. The van der Waals surface area contributed by atoms with E-state index in [1.54, 1.807) is 24.3 Å². The molecule has 164 valence electrons. The van der Waals surface area contributed by atoms with Crippen molar-refractivity contribution in [2.45, 2.75) is 19.5 Å². The Balaban J connectivity index is 1.42. The third-order valence-electron chi connectivity index (χ3n) is 4.96. The molecule has 0 aliphatic carbocycles. The summed E-state index contributed by atoms with van der Waals surface area (Å²) in [6.45, 7) is 2.91. The number of ether oxygens (including phenoxy) is 2. The topological polar surface area (TPSA) is 65.4 Å². The Morgan fingerprint density at radius 2 is 1.66 bits per heavy atom. The average Bonchev–Trinajstić information content (AvgIpc) is 3.18. The van der Waals surface area contributed by atoms with E-state index in [0.717, 1.165) is 22.6 Å². The molecule has 3 aromatic carbocycles. The van der Waals surface area contributed by atoms with Gasteiger partial charge in [-0.2, -0.15) is 0 Å². The summed E-state index contributed by atoms with van der Waals surface area (Å²) in [6.07, 6.45) is 0. The number of carbonyl (C=O) groups excluding carboxylic acids is 1. The van der Waals surface area contributed by atoms with Gasteiger partial charge in [0.2, 0.25) is 0 Å². The Bertz CT molecular complexity index is 1180. The molecule has 1 N–H and O–H groups in total. The number of nitrogens with one attached hydrogen (secondary N) is 1. The molecule has 1 unspecified atom stereocenters. The summed E-state index contributed by atoms with van der Waals surface area (Å²) in [6, 6.07) is 24.2. The Labute approximate surface area is 191 Å². The van der Waals surface area contributed by atoms with Gasteiger partial charge in [-0.05, 0) is 55.5 Å². The van der Waals surface area contributed by atoms with E-state index in [-0.39, 0.29) is 18.6 Å². The molecule has 1 amide bonds.